The van der Waals surface area contributed by atoms with Crippen LogP contribution >= 0.6 is 0 Å². The fraction of sp³-hybridized carbons (Fsp3) is 0.125. The first-order chi connectivity index (χ1) is 5.79. The van der Waals surface area contributed by atoms with Crippen molar-refractivity contribution in [3.05, 3.63) is 34.3 Å². The van der Waals surface area contributed by atoms with E-state index in [0.717, 1.165) is 5.56 Å². The third-order valence-electron chi connectivity index (χ3n) is 1.72. The molecule has 4 heteroatoms. The Balaban J connectivity index is 2.74. The van der Waals surface area contributed by atoms with Crippen LogP contribution in [0, 0.1) is 0 Å². The summed E-state index contributed by atoms with van der Waals surface area (Å²) in [4.78, 5) is 13.3. The summed E-state index contributed by atoms with van der Waals surface area (Å²) in [5.74, 6) is -0.431. The standard InChI is InChI=1S/C8H8N2O2/c9-4-5-1-2-7-6(3-5)10-8(11)12-7/h1-3H,4,9H2,(H,10,11). The highest BCUT2D eigenvalue weighted by molar-refractivity contribution is 5.72. The minimum atomic E-state index is -0.431. The molecule has 0 saturated carbocycles. The van der Waals surface area contributed by atoms with Gasteiger partial charge in [-0.25, -0.2) is 4.79 Å². The molecule has 0 aliphatic carbocycles. The molecule has 1 aromatic heterocycles. The third kappa shape index (κ3) is 1.02. The highest BCUT2D eigenvalue weighted by Gasteiger charge is 1.99. The van der Waals surface area contributed by atoms with Crippen LogP contribution in [-0.2, 0) is 6.54 Å². The van der Waals surface area contributed by atoms with Gasteiger partial charge in [0.25, 0.3) is 0 Å². The Morgan fingerprint density at radius 1 is 1.50 bits per heavy atom. The lowest BCUT2D eigenvalue weighted by Gasteiger charge is -1.93. The van der Waals surface area contributed by atoms with Crippen LogP contribution in [0.5, 0.6) is 0 Å². The van der Waals surface area contributed by atoms with E-state index < -0.39 is 5.76 Å². The number of aromatic nitrogens is 1. The summed E-state index contributed by atoms with van der Waals surface area (Å²) in [5, 5.41) is 0. The Morgan fingerprint density at radius 2 is 2.33 bits per heavy atom. The summed E-state index contributed by atoms with van der Waals surface area (Å²) < 4.78 is 4.82. The lowest BCUT2D eigenvalue weighted by molar-refractivity contribution is 0.555. The summed E-state index contributed by atoms with van der Waals surface area (Å²) in [7, 11) is 0. The molecule has 2 aromatic rings. The molecule has 4 nitrogen and oxygen atoms in total. The molecule has 12 heavy (non-hydrogen) atoms. The molecule has 2 rings (SSSR count). The van der Waals surface area contributed by atoms with Crippen molar-refractivity contribution < 1.29 is 4.42 Å². The monoisotopic (exact) mass is 164 g/mol. The zero-order chi connectivity index (χ0) is 8.55. The molecule has 3 N–H and O–H groups in total. The smallest absolute Gasteiger partial charge is 0.408 e. The predicted molar refractivity (Wildman–Crippen MR) is 44.7 cm³/mol. The van der Waals surface area contributed by atoms with Crippen LogP contribution in [0.1, 0.15) is 5.56 Å². The molecule has 0 radical (unpaired) electrons. The highest BCUT2D eigenvalue weighted by Crippen LogP contribution is 2.11. The second-order valence-corrected chi connectivity index (χ2v) is 2.55. The number of aromatic amines is 1. The maximum absolute atomic E-state index is 10.7. The maximum Gasteiger partial charge on any atom is 0.417 e. The first-order valence-corrected chi connectivity index (χ1v) is 3.61. The summed E-state index contributed by atoms with van der Waals surface area (Å²) in [6.07, 6.45) is 0. The van der Waals surface area contributed by atoms with E-state index in [0.29, 0.717) is 17.6 Å². The van der Waals surface area contributed by atoms with Crippen molar-refractivity contribution in [1.29, 1.82) is 0 Å². The Bertz CT molecular complexity index is 455. The molecule has 0 aliphatic heterocycles. The normalized spacial score (nSPS) is 10.8. The molecule has 0 atom stereocenters. The minimum absolute atomic E-state index is 0.431. The molecule has 1 heterocycles. The van der Waals surface area contributed by atoms with Crippen LogP contribution in [0.2, 0.25) is 0 Å². The average molecular weight is 164 g/mol. The Labute approximate surface area is 68.0 Å². The van der Waals surface area contributed by atoms with Gasteiger partial charge in [0.2, 0.25) is 0 Å². The Morgan fingerprint density at radius 3 is 3.08 bits per heavy atom. The number of hydrogen-bond donors (Lipinski definition) is 2. The second-order valence-electron chi connectivity index (χ2n) is 2.55. The van der Waals surface area contributed by atoms with Gasteiger partial charge >= 0.3 is 5.76 Å². The van der Waals surface area contributed by atoms with Crippen molar-refractivity contribution in [2.24, 2.45) is 5.73 Å². The van der Waals surface area contributed by atoms with Gasteiger partial charge in [-0.05, 0) is 17.7 Å². The SMILES string of the molecule is NCc1ccc2oc(=O)[nH]c2c1. The second kappa shape index (κ2) is 2.49. The van der Waals surface area contributed by atoms with Crippen molar-refractivity contribution in [1.82, 2.24) is 4.98 Å². The van der Waals surface area contributed by atoms with Gasteiger partial charge in [-0.3, -0.25) is 4.98 Å². The Hall–Kier alpha value is -1.55. The van der Waals surface area contributed by atoms with E-state index in [9.17, 15) is 4.79 Å². The van der Waals surface area contributed by atoms with Gasteiger partial charge in [-0.2, -0.15) is 0 Å². The van der Waals surface area contributed by atoms with E-state index in [1.165, 1.54) is 0 Å². The van der Waals surface area contributed by atoms with E-state index >= 15 is 0 Å². The zero-order valence-corrected chi connectivity index (χ0v) is 6.33. The molecule has 0 bridgehead atoms. The molecule has 0 amide bonds. The van der Waals surface area contributed by atoms with Gasteiger partial charge < -0.3 is 10.2 Å². The molecule has 62 valence electrons. The molecule has 0 aliphatic rings. The van der Waals surface area contributed by atoms with Crippen molar-refractivity contribution in [3.8, 4) is 0 Å². The number of hydrogen-bond acceptors (Lipinski definition) is 3. The van der Waals surface area contributed by atoms with Gasteiger partial charge in [0.15, 0.2) is 5.58 Å². The van der Waals surface area contributed by atoms with Crippen molar-refractivity contribution in [3.63, 3.8) is 0 Å². The Kier molecular flexibility index (Phi) is 1.48. The first kappa shape index (κ1) is 7.12. The molecule has 0 saturated heterocycles. The number of nitrogens with two attached hydrogens (primary N) is 1. The van der Waals surface area contributed by atoms with E-state index in [-0.39, 0.29) is 0 Å². The van der Waals surface area contributed by atoms with E-state index in [2.05, 4.69) is 4.98 Å². The summed E-state index contributed by atoms with van der Waals surface area (Å²) >= 11 is 0. The van der Waals surface area contributed by atoms with Crippen molar-refractivity contribution >= 4 is 11.1 Å². The largest absolute Gasteiger partial charge is 0.417 e. The molecule has 0 unspecified atom stereocenters. The lowest BCUT2D eigenvalue weighted by Crippen LogP contribution is -1.95. The summed E-state index contributed by atoms with van der Waals surface area (Å²) in [6.45, 7) is 0.461. The quantitative estimate of drug-likeness (QED) is 0.647. The minimum Gasteiger partial charge on any atom is -0.408 e. The fourth-order valence-corrected chi connectivity index (χ4v) is 1.13. The van der Waals surface area contributed by atoms with E-state index in [1.807, 2.05) is 6.07 Å². The van der Waals surface area contributed by atoms with Gasteiger partial charge in [0.05, 0.1) is 5.52 Å². The lowest BCUT2D eigenvalue weighted by atomic mass is 10.2. The van der Waals surface area contributed by atoms with Crippen LogP contribution in [-0.4, -0.2) is 4.98 Å². The average Bonchev–Trinajstić information content (AvgIpc) is 2.43. The van der Waals surface area contributed by atoms with Crippen LogP contribution < -0.4 is 11.5 Å². The molecule has 0 fully saturated rings. The van der Waals surface area contributed by atoms with Crippen LogP contribution in [0.25, 0.3) is 11.1 Å². The fourth-order valence-electron chi connectivity index (χ4n) is 1.13. The topological polar surface area (TPSA) is 72.0 Å². The van der Waals surface area contributed by atoms with E-state index in [1.54, 1.807) is 12.1 Å². The third-order valence-corrected chi connectivity index (χ3v) is 1.72. The predicted octanol–water partition coefficient (Wildman–Crippen LogP) is 0.580. The zero-order valence-electron chi connectivity index (χ0n) is 6.33. The number of nitrogens with one attached hydrogen (secondary N) is 1. The molecule has 1 aromatic carbocycles. The van der Waals surface area contributed by atoms with Gasteiger partial charge in [-0.1, -0.05) is 6.07 Å². The number of oxazole rings is 1. The van der Waals surface area contributed by atoms with Crippen LogP contribution in [0.15, 0.2) is 27.4 Å². The summed E-state index contributed by atoms with van der Waals surface area (Å²) in [5.41, 5.74) is 7.66. The number of benzene rings is 1. The molecule has 0 spiro atoms. The van der Waals surface area contributed by atoms with Crippen molar-refractivity contribution in [2.45, 2.75) is 6.54 Å². The van der Waals surface area contributed by atoms with Crippen molar-refractivity contribution in [2.75, 3.05) is 0 Å². The molecular weight excluding hydrogens is 156 g/mol. The van der Waals surface area contributed by atoms with Crippen LogP contribution in [0.4, 0.5) is 0 Å². The number of H-pyrrole nitrogens is 1. The van der Waals surface area contributed by atoms with Gasteiger partial charge in [-0.15, -0.1) is 0 Å². The molecular formula is C8H8N2O2. The first-order valence-electron chi connectivity index (χ1n) is 3.61. The number of fused-ring (bicyclic) bond motifs is 1. The maximum atomic E-state index is 10.7. The van der Waals surface area contributed by atoms with Gasteiger partial charge in [0, 0.05) is 6.54 Å². The summed E-state index contributed by atoms with van der Waals surface area (Å²) in [6, 6.07) is 5.37. The number of rotatable bonds is 1. The van der Waals surface area contributed by atoms with Crippen LogP contribution in [0.3, 0.4) is 0 Å². The van der Waals surface area contributed by atoms with E-state index in [4.69, 9.17) is 10.2 Å². The highest BCUT2D eigenvalue weighted by atomic mass is 16.4. The van der Waals surface area contributed by atoms with Gasteiger partial charge in [0.1, 0.15) is 0 Å².